The number of amides is 1. The van der Waals surface area contributed by atoms with Crippen molar-refractivity contribution in [3.05, 3.63) is 16.6 Å². The maximum absolute atomic E-state index is 11.6. The third-order valence-electron chi connectivity index (χ3n) is 2.35. The summed E-state index contributed by atoms with van der Waals surface area (Å²) < 4.78 is 0. The van der Waals surface area contributed by atoms with Crippen molar-refractivity contribution in [3.63, 3.8) is 0 Å². The smallest absolute Gasteiger partial charge is 0.223 e. The molecular weight excluding hydrogens is 264 g/mol. The van der Waals surface area contributed by atoms with Crippen LogP contribution < -0.4 is 0 Å². The van der Waals surface area contributed by atoms with Gasteiger partial charge in [-0.2, -0.15) is 0 Å². The largest absolute Gasteiger partial charge is 0.336 e. The summed E-state index contributed by atoms with van der Waals surface area (Å²) in [6.45, 7) is 1.54. The number of alkyl halides is 1. The Balaban J connectivity index is 1.96. The lowest BCUT2D eigenvalue weighted by Gasteiger charge is -2.14. The van der Waals surface area contributed by atoms with E-state index in [1.807, 2.05) is 10.3 Å². The Morgan fingerprint density at radius 3 is 3.14 bits per heavy atom. The average molecular weight is 275 g/mol. The number of carbonyl (C=O) groups is 1. The molecule has 0 spiro atoms. The number of hydrogen-bond acceptors (Lipinski definition) is 3. The van der Waals surface area contributed by atoms with E-state index in [1.54, 1.807) is 16.8 Å². The molecule has 1 aliphatic heterocycles. The SMILES string of the molecule is O=C1CC(CBr)CN1Cc1cscn1. The van der Waals surface area contributed by atoms with Crippen molar-refractivity contribution in [1.82, 2.24) is 9.88 Å². The molecule has 76 valence electrons. The maximum atomic E-state index is 11.6. The molecule has 0 aliphatic carbocycles. The van der Waals surface area contributed by atoms with Gasteiger partial charge in [-0.3, -0.25) is 4.79 Å². The van der Waals surface area contributed by atoms with Crippen LogP contribution in [0.2, 0.25) is 0 Å². The van der Waals surface area contributed by atoms with E-state index in [1.165, 1.54) is 0 Å². The molecule has 0 radical (unpaired) electrons. The predicted octanol–water partition coefficient (Wildman–Crippen LogP) is 1.89. The summed E-state index contributed by atoms with van der Waals surface area (Å²) in [6, 6.07) is 0. The van der Waals surface area contributed by atoms with Crippen molar-refractivity contribution in [2.45, 2.75) is 13.0 Å². The fraction of sp³-hybridized carbons (Fsp3) is 0.556. The van der Waals surface area contributed by atoms with E-state index in [9.17, 15) is 4.79 Å². The van der Waals surface area contributed by atoms with Crippen LogP contribution >= 0.6 is 27.3 Å². The van der Waals surface area contributed by atoms with Crippen LogP contribution in [-0.2, 0) is 11.3 Å². The van der Waals surface area contributed by atoms with Gasteiger partial charge in [0.25, 0.3) is 0 Å². The number of rotatable bonds is 3. The Bertz CT molecular complexity index is 315. The normalized spacial score (nSPS) is 21.9. The molecule has 5 heteroatoms. The lowest BCUT2D eigenvalue weighted by molar-refractivity contribution is -0.128. The van der Waals surface area contributed by atoms with Crippen LogP contribution in [0.4, 0.5) is 0 Å². The van der Waals surface area contributed by atoms with E-state index in [0.29, 0.717) is 18.9 Å². The zero-order chi connectivity index (χ0) is 9.97. The molecule has 0 bridgehead atoms. The van der Waals surface area contributed by atoms with Gasteiger partial charge in [0.05, 0.1) is 17.7 Å². The summed E-state index contributed by atoms with van der Waals surface area (Å²) >= 11 is 4.99. The van der Waals surface area contributed by atoms with Gasteiger partial charge in [0, 0.05) is 23.7 Å². The first kappa shape index (κ1) is 10.1. The number of hydrogen-bond donors (Lipinski definition) is 0. The van der Waals surface area contributed by atoms with Crippen molar-refractivity contribution in [2.75, 3.05) is 11.9 Å². The zero-order valence-electron chi connectivity index (χ0n) is 7.65. The minimum absolute atomic E-state index is 0.252. The van der Waals surface area contributed by atoms with E-state index in [4.69, 9.17) is 0 Å². The number of aromatic nitrogens is 1. The Hall–Kier alpha value is -0.420. The topological polar surface area (TPSA) is 33.2 Å². The highest BCUT2D eigenvalue weighted by Gasteiger charge is 2.28. The Morgan fingerprint density at radius 2 is 2.57 bits per heavy atom. The number of halogens is 1. The van der Waals surface area contributed by atoms with Crippen molar-refractivity contribution in [1.29, 1.82) is 0 Å². The fourth-order valence-electron chi connectivity index (χ4n) is 1.62. The molecule has 1 atom stereocenters. The van der Waals surface area contributed by atoms with Gasteiger partial charge < -0.3 is 4.90 Å². The Morgan fingerprint density at radius 1 is 1.71 bits per heavy atom. The van der Waals surface area contributed by atoms with Gasteiger partial charge in [0.15, 0.2) is 0 Å². The molecule has 1 aliphatic rings. The number of carbonyl (C=O) groups excluding carboxylic acids is 1. The molecular formula is C9H11BrN2OS. The molecule has 0 aromatic carbocycles. The fourth-order valence-corrected chi connectivity index (χ4v) is 2.60. The van der Waals surface area contributed by atoms with E-state index in [2.05, 4.69) is 20.9 Å². The highest BCUT2D eigenvalue weighted by molar-refractivity contribution is 9.09. The number of nitrogens with zero attached hydrogens (tertiary/aromatic N) is 2. The molecule has 1 unspecified atom stereocenters. The standard InChI is InChI=1S/C9H11BrN2OS/c10-2-7-1-9(13)12(3-7)4-8-5-14-6-11-8/h5-7H,1-4H2. The van der Waals surface area contributed by atoms with Gasteiger partial charge in [-0.1, -0.05) is 15.9 Å². The lowest BCUT2D eigenvalue weighted by atomic mass is 10.2. The first-order valence-electron chi connectivity index (χ1n) is 4.50. The van der Waals surface area contributed by atoms with E-state index in [-0.39, 0.29) is 5.91 Å². The molecule has 3 nitrogen and oxygen atoms in total. The van der Waals surface area contributed by atoms with Crippen LogP contribution in [0.3, 0.4) is 0 Å². The first-order chi connectivity index (χ1) is 6.79. The number of likely N-dealkylation sites (tertiary alicyclic amines) is 1. The zero-order valence-corrected chi connectivity index (χ0v) is 10.1. The van der Waals surface area contributed by atoms with Gasteiger partial charge in [-0.25, -0.2) is 4.98 Å². The van der Waals surface area contributed by atoms with E-state index >= 15 is 0 Å². The molecule has 2 rings (SSSR count). The van der Waals surface area contributed by atoms with Crippen molar-refractivity contribution >= 4 is 33.2 Å². The van der Waals surface area contributed by atoms with Crippen molar-refractivity contribution in [3.8, 4) is 0 Å². The first-order valence-corrected chi connectivity index (χ1v) is 6.57. The summed E-state index contributed by atoms with van der Waals surface area (Å²) in [6.07, 6.45) is 0.676. The van der Waals surface area contributed by atoms with Crippen LogP contribution in [0.15, 0.2) is 10.9 Å². The summed E-state index contributed by atoms with van der Waals surface area (Å²) in [4.78, 5) is 17.6. The third kappa shape index (κ3) is 2.15. The summed E-state index contributed by atoms with van der Waals surface area (Å²) in [5.41, 5.74) is 2.80. The quantitative estimate of drug-likeness (QED) is 0.789. The second-order valence-corrected chi connectivity index (χ2v) is 4.84. The monoisotopic (exact) mass is 274 g/mol. The lowest BCUT2D eigenvalue weighted by Crippen LogP contribution is -2.24. The van der Waals surface area contributed by atoms with Gasteiger partial charge in [-0.15, -0.1) is 11.3 Å². The Labute approximate surface area is 95.3 Å². The van der Waals surface area contributed by atoms with Crippen molar-refractivity contribution < 1.29 is 4.79 Å². The van der Waals surface area contributed by atoms with E-state index in [0.717, 1.165) is 17.6 Å². The highest BCUT2D eigenvalue weighted by atomic mass is 79.9. The molecule has 14 heavy (non-hydrogen) atoms. The maximum Gasteiger partial charge on any atom is 0.223 e. The molecule has 1 aromatic rings. The minimum Gasteiger partial charge on any atom is -0.336 e. The Kier molecular flexibility index (Phi) is 3.18. The molecule has 1 fully saturated rings. The van der Waals surface area contributed by atoms with Crippen LogP contribution in [-0.4, -0.2) is 27.7 Å². The highest BCUT2D eigenvalue weighted by Crippen LogP contribution is 2.21. The molecule has 2 heterocycles. The summed E-state index contributed by atoms with van der Waals surface area (Å²) in [7, 11) is 0. The second kappa shape index (κ2) is 4.40. The minimum atomic E-state index is 0.252. The van der Waals surface area contributed by atoms with Crippen LogP contribution in [0.1, 0.15) is 12.1 Å². The van der Waals surface area contributed by atoms with Crippen LogP contribution in [0, 0.1) is 5.92 Å². The average Bonchev–Trinajstić information content (AvgIpc) is 2.78. The second-order valence-electron chi connectivity index (χ2n) is 3.48. The van der Waals surface area contributed by atoms with E-state index < -0.39 is 0 Å². The third-order valence-corrected chi connectivity index (χ3v) is 3.90. The van der Waals surface area contributed by atoms with Gasteiger partial charge in [-0.05, 0) is 5.92 Å². The van der Waals surface area contributed by atoms with Crippen molar-refractivity contribution in [2.24, 2.45) is 5.92 Å². The van der Waals surface area contributed by atoms with Gasteiger partial charge in [0.1, 0.15) is 0 Å². The van der Waals surface area contributed by atoms with Gasteiger partial charge in [0.2, 0.25) is 5.91 Å². The molecule has 1 aromatic heterocycles. The molecule has 0 N–H and O–H groups in total. The molecule has 1 saturated heterocycles. The summed E-state index contributed by atoms with van der Waals surface area (Å²) in [5.74, 6) is 0.726. The number of thiazole rings is 1. The summed E-state index contributed by atoms with van der Waals surface area (Å²) in [5, 5.41) is 2.90. The van der Waals surface area contributed by atoms with Crippen LogP contribution in [0.5, 0.6) is 0 Å². The molecule has 0 saturated carbocycles. The predicted molar refractivity (Wildman–Crippen MR) is 59.4 cm³/mol. The molecule has 1 amide bonds. The van der Waals surface area contributed by atoms with Crippen LogP contribution in [0.25, 0.3) is 0 Å². The van der Waals surface area contributed by atoms with Gasteiger partial charge >= 0.3 is 0 Å².